The molecule has 1 fully saturated rings. The molecule has 1 N–H and O–H groups in total. The van der Waals surface area contributed by atoms with Gasteiger partial charge in [-0.25, -0.2) is 0 Å². The van der Waals surface area contributed by atoms with Crippen molar-refractivity contribution in [1.82, 2.24) is 0 Å². The highest BCUT2D eigenvalue weighted by atomic mass is 35.5. The van der Waals surface area contributed by atoms with Crippen molar-refractivity contribution in [3.05, 3.63) is 0 Å². The lowest BCUT2D eigenvalue weighted by atomic mass is 10.4. The Morgan fingerprint density at radius 1 is 1.18 bits per heavy atom. The van der Waals surface area contributed by atoms with Gasteiger partial charge in [0.25, 0.3) is 0 Å². The van der Waals surface area contributed by atoms with Gasteiger partial charge in [0, 0.05) is 12.8 Å². The van der Waals surface area contributed by atoms with Crippen molar-refractivity contribution in [3.63, 3.8) is 0 Å². The van der Waals surface area contributed by atoms with E-state index in [2.05, 4.69) is 18.5 Å². The third-order valence-electron chi connectivity index (χ3n) is 1.46. The molecule has 11 heavy (non-hydrogen) atoms. The Hall–Kier alpha value is 0.105. The van der Waals surface area contributed by atoms with Gasteiger partial charge >= 0.3 is 6.39 Å². The fraction of sp³-hybridized carbons (Fsp3) is 1.00. The average molecular weight is 189 g/mol. The predicted octanol–water partition coefficient (Wildman–Crippen LogP) is 0.864. The number of quaternary nitrogens is 1. The molecule has 0 unspecified atom stereocenters. The van der Waals surface area contributed by atoms with E-state index in [-0.39, 0.29) is 0 Å². The fourth-order valence-corrected chi connectivity index (χ4v) is 0.979. The first-order chi connectivity index (χ1) is 4.89. The normalized spacial score (nSPS) is 19.4. The van der Waals surface area contributed by atoms with Crippen LogP contribution in [0.5, 0.6) is 0 Å². The van der Waals surface area contributed by atoms with E-state index in [1.807, 2.05) is 0 Å². The van der Waals surface area contributed by atoms with E-state index < -0.39 is 6.39 Å². The quantitative estimate of drug-likeness (QED) is 0.539. The number of hydrogen-bond acceptors (Lipinski definition) is 0. The van der Waals surface area contributed by atoms with Gasteiger partial charge in [-0.15, -0.1) is 0 Å². The molecule has 0 aliphatic carbocycles. The molecule has 0 radical (unpaired) electrons. The van der Waals surface area contributed by atoms with Gasteiger partial charge in [0.05, 0.1) is 20.1 Å². The number of nitrogens with one attached hydrogen (secondary N) is 1. The van der Waals surface area contributed by atoms with Crippen molar-refractivity contribution in [2.24, 2.45) is 0 Å². The van der Waals surface area contributed by atoms with E-state index in [9.17, 15) is 12.9 Å². The van der Waals surface area contributed by atoms with Gasteiger partial charge in [0.1, 0.15) is 0 Å². The molecule has 1 rings (SSSR count). The lowest BCUT2D eigenvalue weighted by molar-refractivity contribution is -0.866. The molecule has 0 bridgehead atoms. The molecule has 0 saturated carbocycles. The summed E-state index contributed by atoms with van der Waals surface area (Å²) < 4.78 is 30.5. The maximum Gasteiger partial charge on any atom is 0.576 e. The largest absolute Gasteiger partial charge is 0.576 e. The van der Waals surface area contributed by atoms with E-state index in [0.29, 0.717) is 0 Å². The van der Waals surface area contributed by atoms with Crippen LogP contribution in [-0.4, -0.2) is 26.5 Å². The summed E-state index contributed by atoms with van der Waals surface area (Å²) in [6.45, 7) is 2.81. The van der Waals surface area contributed by atoms with Crippen LogP contribution in [-0.2, 0) is 0 Å². The monoisotopic (exact) mass is 189 g/mol. The Morgan fingerprint density at radius 2 is 1.45 bits per heavy atom. The average Bonchev–Trinajstić information content (AvgIpc) is 2.12. The highest BCUT2D eigenvalue weighted by Crippen LogP contribution is 2.11. The van der Waals surface area contributed by atoms with E-state index in [0.717, 1.165) is 0 Å². The summed E-state index contributed by atoms with van der Waals surface area (Å²) in [6, 6.07) is 0. The lowest BCUT2D eigenvalue weighted by Gasteiger charge is -1.98. The summed E-state index contributed by atoms with van der Waals surface area (Å²) in [5.41, 5.74) is 0. The van der Waals surface area contributed by atoms with Crippen molar-refractivity contribution in [2.75, 3.05) is 20.1 Å². The molecule has 0 aromatic heterocycles. The molecular formula is C5H12BClF3N. The highest BCUT2D eigenvalue weighted by molar-refractivity contribution is 7.08. The highest BCUT2D eigenvalue weighted by Gasteiger charge is 2.15. The number of likely N-dealkylation sites (tertiary alicyclic amines) is 1. The topological polar surface area (TPSA) is 4.44 Å². The maximum absolute atomic E-state index is 10.2. The molecule has 1 saturated heterocycles. The summed E-state index contributed by atoms with van der Waals surface area (Å²) in [5, 5.41) is 0. The zero-order chi connectivity index (χ0) is 8.91. The second-order valence-corrected chi connectivity index (χ2v) is 3.15. The molecular weight excluding hydrogens is 177 g/mol. The Kier molecular flexibility index (Phi) is 4.92. The molecule has 0 aromatic rings. The van der Waals surface area contributed by atoms with Crippen LogP contribution >= 0.6 is 11.5 Å². The van der Waals surface area contributed by atoms with Crippen LogP contribution in [0.15, 0.2) is 0 Å². The fourth-order valence-electron chi connectivity index (χ4n) is 0.979. The molecule has 0 atom stereocenters. The Bertz CT molecular complexity index is 96.4. The first kappa shape index (κ1) is 11.1. The van der Waals surface area contributed by atoms with Crippen molar-refractivity contribution in [1.29, 1.82) is 0 Å². The molecule has 0 aromatic carbocycles. The van der Waals surface area contributed by atoms with Crippen LogP contribution < -0.4 is 4.90 Å². The van der Waals surface area contributed by atoms with Crippen LogP contribution in [0.4, 0.5) is 12.9 Å². The van der Waals surface area contributed by atoms with E-state index in [4.69, 9.17) is 0 Å². The smallest absolute Gasteiger partial charge is 0.435 e. The zero-order valence-electron chi connectivity index (χ0n) is 6.42. The molecule has 1 aliphatic heterocycles. The van der Waals surface area contributed by atoms with E-state index in [1.165, 1.54) is 25.9 Å². The van der Waals surface area contributed by atoms with Gasteiger partial charge in [0.15, 0.2) is 0 Å². The minimum atomic E-state index is -5.03. The molecule has 1 heterocycles. The summed E-state index contributed by atoms with van der Waals surface area (Å²) in [6.07, 6.45) is -2.13. The van der Waals surface area contributed by atoms with Gasteiger partial charge in [-0.2, -0.15) is 0 Å². The van der Waals surface area contributed by atoms with Crippen molar-refractivity contribution >= 4 is 17.9 Å². The minimum absolute atomic E-state index is 1.40. The van der Waals surface area contributed by atoms with Crippen LogP contribution in [0.25, 0.3) is 0 Å². The van der Waals surface area contributed by atoms with Gasteiger partial charge in [-0.1, -0.05) is 0 Å². The minimum Gasteiger partial charge on any atom is -0.435 e. The SMILES string of the molecule is C[NH+]1CCCC1.F[B-](F)(F)Cl. The summed E-state index contributed by atoms with van der Waals surface area (Å²) in [7, 11) is 2.26. The summed E-state index contributed by atoms with van der Waals surface area (Å²) in [4.78, 5) is 1.70. The maximum atomic E-state index is 10.2. The summed E-state index contributed by atoms with van der Waals surface area (Å²) >= 11 is 3.59. The third kappa shape index (κ3) is 13.1. The van der Waals surface area contributed by atoms with Crippen LogP contribution in [0.2, 0.25) is 0 Å². The van der Waals surface area contributed by atoms with Crippen molar-refractivity contribution < 1.29 is 17.8 Å². The first-order valence-corrected chi connectivity index (χ1v) is 4.02. The van der Waals surface area contributed by atoms with Gasteiger partial charge in [0.2, 0.25) is 0 Å². The molecule has 1 nitrogen and oxygen atoms in total. The Morgan fingerprint density at radius 3 is 1.55 bits per heavy atom. The van der Waals surface area contributed by atoms with Gasteiger partial charge < -0.3 is 17.8 Å². The molecule has 0 amide bonds. The third-order valence-corrected chi connectivity index (χ3v) is 1.46. The molecule has 6 heteroatoms. The van der Waals surface area contributed by atoms with Gasteiger partial charge in [-0.05, 0) is 0 Å². The van der Waals surface area contributed by atoms with Crippen LogP contribution in [0.1, 0.15) is 12.8 Å². The van der Waals surface area contributed by atoms with Gasteiger partial charge in [-0.3, -0.25) is 11.5 Å². The second-order valence-electron chi connectivity index (χ2n) is 2.66. The summed E-state index contributed by atoms with van der Waals surface area (Å²) in [5.74, 6) is 0. The predicted molar refractivity (Wildman–Crippen MR) is 40.8 cm³/mol. The molecule has 68 valence electrons. The standard InChI is InChI=1S/C5H11N.BClF3/c1-6-4-2-3-5-6;2-1(3,4)5/h2-5H2,1H3;/q;-1/p+1. The zero-order valence-corrected chi connectivity index (χ0v) is 7.17. The molecule has 0 spiro atoms. The van der Waals surface area contributed by atoms with Crippen LogP contribution in [0.3, 0.4) is 0 Å². The van der Waals surface area contributed by atoms with Crippen LogP contribution in [0, 0.1) is 0 Å². The number of halogens is 4. The van der Waals surface area contributed by atoms with E-state index >= 15 is 0 Å². The Balaban J connectivity index is 0.000000187. The Labute approximate surface area is 69.5 Å². The first-order valence-electron chi connectivity index (χ1n) is 3.58. The van der Waals surface area contributed by atoms with Crippen molar-refractivity contribution in [3.8, 4) is 0 Å². The molecule has 1 aliphatic rings. The second kappa shape index (κ2) is 4.88. The lowest BCUT2D eigenvalue weighted by Crippen LogP contribution is -3.06. The van der Waals surface area contributed by atoms with E-state index in [1.54, 1.807) is 4.90 Å². The van der Waals surface area contributed by atoms with Crippen molar-refractivity contribution in [2.45, 2.75) is 12.8 Å². The number of rotatable bonds is 0. The number of hydrogen-bond donors (Lipinski definition) is 1.